The summed E-state index contributed by atoms with van der Waals surface area (Å²) in [5.41, 5.74) is 13.1. The monoisotopic (exact) mass is 755 g/mol. The van der Waals surface area contributed by atoms with Crippen molar-refractivity contribution in [3.05, 3.63) is 224 Å². The lowest BCUT2D eigenvalue weighted by atomic mass is 9.96. The van der Waals surface area contributed by atoms with E-state index >= 15 is 0 Å². The van der Waals surface area contributed by atoms with Crippen molar-refractivity contribution in [1.29, 1.82) is 0 Å². The molecule has 0 radical (unpaired) electrons. The number of anilines is 3. The highest BCUT2D eigenvalue weighted by Gasteiger charge is 2.20. The number of thiophene rings is 1. The molecular weight excluding hydrogens is 719 g/mol. The molecule has 0 saturated carbocycles. The molecule has 0 bridgehead atoms. The quantitative estimate of drug-likeness (QED) is 0.157. The number of nitrogens with zero attached hydrogens (tertiary/aromatic N) is 1. The van der Waals surface area contributed by atoms with Gasteiger partial charge >= 0.3 is 0 Å². The van der Waals surface area contributed by atoms with Crippen LogP contribution in [0.5, 0.6) is 0 Å². The van der Waals surface area contributed by atoms with Crippen molar-refractivity contribution in [2.24, 2.45) is 0 Å². The molecule has 0 aliphatic heterocycles. The summed E-state index contributed by atoms with van der Waals surface area (Å²) >= 11 is 1.89. The van der Waals surface area contributed by atoms with E-state index in [9.17, 15) is 0 Å². The molecule has 2 heteroatoms. The fourth-order valence-corrected chi connectivity index (χ4v) is 9.76. The molecule has 0 N–H and O–H groups in total. The third-order valence-electron chi connectivity index (χ3n) is 11.5. The fourth-order valence-electron chi connectivity index (χ4n) is 8.56. The van der Waals surface area contributed by atoms with Crippen LogP contribution in [0.15, 0.2) is 224 Å². The van der Waals surface area contributed by atoms with Crippen LogP contribution in [0, 0.1) is 0 Å². The Kier molecular flexibility index (Phi) is 8.42. The number of hydrogen-bond donors (Lipinski definition) is 0. The van der Waals surface area contributed by atoms with Gasteiger partial charge in [0.15, 0.2) is 0 Å². The number of hydrogen-bond acceptors (Lipinski definition) is 2. The Morgan fingerprint density at radius 2 is 0.759 bits per heavy atom. The second kappa shape index (κ2) is 14.4. The van der Waals surface area contributed by atoms with E-state index in [2.05, 4.69) is 229 Å². The van der Waals surface area contributed by atoms with Crippen LogP contribution in [0.3, 0.4) is 0 Å². The minimum atomic E-state index is 1.11. The molecule has 0 aliphatic carbocycles. The smallest absolute Gasteiger partial charge is 0.0547 e. The molecule has 1 heterocycles. The van der Waals surface area contributed by atoms with E-state index in [1.54, 1.807) is 0 Å². The van der Waals surface area contributed by atoms with Crippen LogP contribution < -0.4 is 4.90 Å². The van der Waals surface area contributed by atoms with Gasteiger partial charge in [0, 0.05) is 42.3 Å². The van der Waals surface area contributed by atoms with E-state index in [0.29, 0.717) is 0 Å². The highest BCUT2D eigenvalue weighted by molar-refractivity contribution is 7.26. The second-order valence-corrected chi connectivity index (χ2v) is 15.9. The molecule has 0 spiro atoms. The van der Waals surface area contributed by atoms with E-state index in [1.807, 2.05) is 11.3 Å². The van der Waals surface area contributed by atoms with Gasteiger partial charge in [-0.25, -0.2) is 0 Å². The van der Waals surface area contributed by atoms with Crippen molar-refractivity contribution in [3.63, 3.8) is 0 Å². The normalized spacial score (nSPS) is 11.4. The van der Waals surface area contributed by atoms with Crippen LogP contribution >= 0.6 is 11.3 Å². The molecule has 58 heavy (non-hydrogen) atoms. The first-order chi connectivity index (χ1) is 28.7. The highest BCUT2D eigenvalue weighted by atomic mass is 32.1. The third-order valence-corrected chi connectivity index (χ3v) is 12.7. The molecule has 11 aromatic rings. The lowest BCUT2D eigenvalue weighted by Gasteiger charge is -2.27. The summed E-state index contributed by atoms with van der Waals surface area (Å²) in [6.07, 6.45) is 0. The Bertz CT molecular complexity index is 3230. The van der Waals surface area contributed by atoms with Gasteiger partial charge in [-0.05, 0) is 97.7 Å². The van der Waals surface area contributed by atoms with E-state index in [0.717, 1.165) is 17.1 Å². The molecule has 0 fully saturated rings. The molecule has 0 amide bonds. The molecule has 11 rings (SSSR count). The van der Waals surface area contributed by atoms with Gasteiger partial charge < -0.3 is 4.90 Å². The summed E-state index contributed by atoms with van der Waals surface area (Å²) in [5.74, 6) is 0. The molecule has 1 aromatic heterocycles. The first-order valence-corrected chi connectivity index (χ1v) is 20.6. The minimum absolute atomic E-state index is 1.11. The van der Waals surface area contributed by atoms with Gasteiger partial charge in [-0.1, -0.05) is 182 Å². The maximum absolute atomic E-state index is 2.44. The van der Waals surface area contributed by atoms with Crippen LogP contribution in [-0.4, -0.2) is 0 Å². The summed E-state index contributed by atoms with van der Waals surface area (Å²) in [5, 5.41) is 7.58. The number of fused-ring (bicyclic) bond motifs is 6. The van der Waals surface area contributed by atoms with Gasteiger partial charge in [-0.3, -0.25) is 0 Å². The van der Waals surface area contributed by atoms with Gasteiger partial charge in [0.25, 0.3) is 0 Å². The van der Waals surface area contributed by atoms with Crippen molar-refractivity contribution >= 4 is 70.1 Å². The molecule has 10 aromatic carbocycles. The van der Waals surface area contributed by atoms with E-state index in [1.165, 1.54) is 86.2 Å². The zero-order valence-electron chi connectivity index (χ0n) is 31.7. The second-order valence-electron chi connectivity index (χ2n) is 14.9. The molecule has 0 aliphatic rings. The third kappa shape index (κ3) is 6.03. The van der Waals surface area contributed by atoms with Crippen LogP contribution in [0.1, 0.15) is 0 Å². The molecule has 1 nitrogen and oxygen atoms in total. The van der Waals surface area contributed by atoms with Crippen molar-refractivity contribution in [1.82, 2.24) is 0 Å². The Morgan fingerprint density at radius 1 is 0.293 bits per heavy atom. The van der Waals surface area contributed by atoms with Crippen molar-refractivity contribution in [3.8, 4) is 44.5 Å². The predicted molar refractivity (Wildman–Crippen MR) is 251 cm³/mol. The number of benzene rings is 10. The van der Waals surface area contributed by atoms with Gasteiger partial charge in [0.2, 0.25) is 0 Å². The fraction of sp³-hybridized carbons (Fsp3) is 0. The van der Waals surface area contributed by atoms with Crippen LogP contribution in [0.4, 0.5) is 17.1 Å². The minimum Gasteiger partial charge on any atom is -0.310 e. The average molecular weight is 756 g/mol. The van der Waals surface area contributed by atoms with Crippen molar-refractivity contribution in [2.45, 2.75) is 0 Å². The Morgan fingerprint density at radius 3 is 1.36 bits per heavy atom. The summed E-state index contributed by atoms with van der Waals surface area (Å²) in [7, 11) is 0. The Balaban J connectivity index is 1.08. The Labute approximate surface area is 342 Å². The summed E-state index contributed by atoms with van der Waals surface area (Å²) in [4.78, 5) is 2.44. The Hall–Kier alpha value is -7.26. The SMILES string of the molecule is c1ccc(-c2ccc(-c3ccc(N(c4ccc(-c5ccccc5)cc4)c4cc5c6cc(-c7cccc8ccccc78)ccc6sc5c5ccccc45)cc3)cc2)cc1. The van der Waals surface area contributed by atoms with Crippen LogP contribution in [0.2, 0.25) is 0 Å². The standard InChI is InChI=1S/C56H37NS/c1-3-12-38(13-4-1)40-22-24-41(25-23-40)43-28-33-47(34-29-43)57(46-31-26-42(27-32-46)39-14-5-2-6-15-39)54-37-53-52-36-45(49-21-11-17-44-16-7-8-18-48(44)49)30-35-55(52)58-56(53)51-20-10-9-19-50(51)54/h1-37H. The van der Waals surface area contributed by atoms with Crippen LogP contribution in [-0.2, 0) is 0 Å². The lowest BCUT2D eigenvalue weighted by molar-refractivity contribution is 1.30. The summed E-state index contributed by atoms with van der Waals surface area (Å²) in [6.45, 7) is 0. The predicted octanol–water partition coefficient (Wildman–Crippen LogP) is 16.5. The van der Waals surface area contributed by atoms with Gasteiger partial charge in [0.05, 0.1) is 5.69 Å². The molecular formula is C56H37NS. The zero-order chi connectivity index (χ0) is 38.4. The molecule has 0 saturated heterocycles. The van der Waals surface area contributed by atoms with Crippen molar-refractivity contribution < 1.29 is 0 Å². The maximum Gasteiger partial charge on any atom is 0.0547 e. The topological polar surface area (TPSA) is 3.24 Å². The summed E-state index contributed by atoms with van der Waals surface area (Å²) < 4.78 is 2.61. The number of rotatable bonds is 7. The van der Waals surface area contributed by atoms with Gasteiger partial charge in [-0.15, -0.1) is 11.3 Å². The first kappa shape index (κ1) is 34.0. The molecule has 0 atom stereocenters. The largest absolute Gasteiger partial charge is 0.310 e. The highest BCUT2D eigenvalue weighted by Crippen LogP contribution is 2.47. The van der Waals surface area contributed by atoms with Crippen LogP contribution in [0.25, 0.3) is 86.2 Å². The average Bonchev–Trinajstić information content (AvgIpc) is 3.68. The zero-order valence-corrected chi connectivity index (χ0v) is 32.5. The first-order valence-electron chi connectivity index (χ1n) is 19.8. The van der Waals surface area contributed by atoms with Gasteiger partial charge in [0.1, 0.15) is 0 Å². The maximum atomic E-state index is 2.44. The van der Waals surface area contributed by atoms with E-state index < -0.39 is 0 Å². The van der Waals surface area contributed by atoms with E-state index in [4.69, 9.17) is 0 Å². The summed E-state index contributed by atoms with van der Waals surface area (Å²) in [6, 6.07) is 81.9. The van der Waals surface area contributed by atoms with Gasteiger partial charge in [-0.2, -0.15) is 0 Å². The molecule has 0 unspecified atom stereocenters. The molecule has 272 valence electrons. The van der Waals surface area contributed by atoms with E-state index in [-0.39, 0.29) is 0 Å². The van der Waals surface area contributed by atoms with Crippen molar-refractivity contribution in [2.75, 3.05) is 4.90 Å². The lowest BCUT2D eigenvalue weighted by Crippen LogP contribution is -2.10.